The Bertz CT molecular complexity index is 432. The standard InChI is InChI=1S/C12H12F2O3/c13-7-3-9(14)12(10(15)4-7)8(5-11(16)17)6-1-2-6/h3-4,6,8,15H,1-2,5H2,(H,16,17). The highest BCUT2D eigenvalue weighted by atomic mass is 19.1. The molecule has 1 saturated carbocycles. The lowest BCUT2D eigenvalue weighted by Crippen LogP contribution is -2.10. The van der Waals surface area contributed by atoms with E-state index in [0.29, 0.717) is 6.07 Å². The molecular weight excluding hydrogens is 230 g/mol. The van der Waals surface area contributed by atoms with Crippen molar-refractivity contribution in [2.75, 3.05) is 0 Å². The molecule has 1 aliphatic rings. The van der Waals surface area contributed by atoms with Crippen LogP contribution >= 0.6 is 0 Å². The van der Waals surface area contributed by atoms with Crippen LogP contribution in [0.1, 0.15) is 30.7 Å². The Labute approximate surface area is 96.7 Å². The van der Waals surface area contributed by atoms with Crippen LogP contribution in [0.2, 0.25) is 0 Å². The Morgan fingerprint density at radius 2 is 2.06 bits per heavy atom. The third-order valence-electron chi connectivity index (χ3n) is 3.03. The normalized spacial score (nSPS) is 16.8. The van der Waals surface area contributed by atoms with Gasteiger partial charge in [-0.3, -0.25) is 4.79 Å². The second-order valence-corrected chi connectivity index (χ2v) is 4.36. The molecule has 5 heteroatoms. The molecule has 2 N–H and O–H groups in total. The summed E-state index contributed by atoms with van der Waals surface area (Å²) in [5.74, 6) is -3.80. The second kappa shape index (κ2) is 4.31. The Kier molecular flexibility index (Phi) is 3.00. The van der Waals surface area contributed by atoms with Gasteiger partial charge in [0.2, 0.25) is 0 Å². The molecule has 0 heterocycles. The first-order chi connectivity index (χ1) is 7.99. The van der Waals surface area contributed by atoms with E-state index in [2.05, 4.69) is 0 Å². The van der Waals surface area contributed by atoms with Crippen LogP contribution < -0.4 is 0 Å². The first-order valence-electron chi connectivity index (χ1n) is 5.38. The van der Waals surface area contributed by atoms with E-state index in [-0.39, 0.29) is 17.9 Å². The van der Waals surface area contributed by atoms with Crippen molar-refractivity contribution < 1.29 is 23.8 Å². The average molecular weight is 242 g/mol. The molecule has 2 rings (SSSR count). The van der Waals surface area contributed by atoms with Crippen molar-refractivity contribution in [1.82, 2.24) is 0 Å². The van der Waals surface area contributed by atoms with Crippen LogP contribution in [0.3, 0.4) is 0 Å². The van der Waals surface area contributed by atoms with Gasteiger partial charge in [0.25, 0.3) is 0 Å². The van der Waals surface area contributed by atoms with Crippen LogP contribution in [0.25, 0.3) is 0 Å². The van der Waals surface area contributed by atoms with E-state index in [0.717, 1.165) is 18.9 Å². The third kappa shape index (κ3) is 2.54. The molecule has 0 spiro atoms. The number of benzene rings is 1. The molecule has 1 aromatic carbocycles. The van der Waals surface area contributed by atoms with Crippen molar-refractivity contribution in [2.45, 2.75) is 25.2 Å². The van der Waals surface area contributed by atoms with E-state index < -0.39 is 29.3 Å². The SMILES string of the molecule is O=C(O)CC(c1c(O)cc(F)cc1F)C1CC1. The average Bonchev–Trinajstić information content (AvgIpc) is 2.96. The Balaban J connectivity index is 2.38. The zero-order valence-corrected chi connectivity index (χ0v) is 8.99. The monoisotopic (exact) mass is 242 g/mol. The van der Waals surface area contributed by atoms with Gasteiger partial charge in [0.1, 0.15) is 17.4 Å². The molecule has 0 radical (unpaired) electrons. The van der Waals surface area contributed by atoms with Crippen molar-refractivity contribution in [3.05, 3.63) is 29.3 Å². The lowest BCUT2D eigenvalue weighted by molar-refractivity contribution is -0.137. The van der Waals surface area contributed by atoms with Crippen LogP contribution in [0.5, 0.6) is 5.75 Å². The van der Waals surface area contributed by atoms with Crippen LogP contribution in [-0.2, 0) is 4.79 Å². The molecule has 1 fully saturated rings. The third-order valence-corrected chi connectivity index (χ3v) is 3.03. The maximum Gasteiger partial charge on any atom is 0.303 e. The molecule has 0 aromatic heterocycles. The minimum absolute atomic E-state index is 0.0666. The zero-order chi connectivity index (χ0) is 12.6. The fourth-order valence-corrected chi connectivity index (χ4v) is 2.13. The molecule has 0 saturated heterocycles. The fourth-order valence-electron chi connectivity index (χ4n) is 2.13. The fraction of sp³-hybridized carbons (Fsp3) is 0.417. The predicted molar refractivity (Wildman–Crippen MR) is 55.7 cm³/mol. The first-order valence-corrected chi connectivity index (χ1v) is 5.38. The molecule has 0 aliphatic heterocycles. The molecule has 1 atom stereocenters. The smallest absolute Gasteiger partial charge is 0.303 e. The van der Waals surface area contributed by atoms with Crippen LogP contribution in [0.15, 0.2) is 12.1 Å². The summed E-state index contributed by atoms with van der Waals surface area (Å²) in [6.45, 7) is 0. The van der Waals surface area contributed by atoms with Crippen LogP contribution in [0.4, 0.5) is 8.78 Å². The topological polar surface area (TPSA) is 57.5 Å². The van der Waals surface area contributed by atoms with Crippen LogP contribution in [0, 0.1) is 17.6 Å². The number of aliphatic carboxylic acids is 1. The maximum atomic E-state index is 13.6. The number of phenols is 1. The number of phenolic OH excluding ortho intramolecular Hbond substituents is 1. The van der Waals surface area contributed by atoms with E-state index in [1.54, 1.807) is 0 Å². The number of halogens is 2. The lowest BCUT2D eigenvalue weighted by atomic mass is 9.90. The number of hydrogen-bond donors (Lipinski definition) is 2. The summed E-state index contributed by atoms with van der Waals surface area (Å²) in [5, 5.41) is 18.3. The summed E-state index contributed by atoms with van der Waals surface area (Å²) >= 11 is 0. The number of carboxylic acids is 1. The molecule has 3 nitrogen and oxygen atoms in total. The largest absolute Gasteiger partial charge is 0.507 e. The maximum absolute atomic E-state index is 13.6. The Morgan fingerprint density at radius 3 is 2.53 bits per heavy atom. The summed E-state index contributed by atoms with van der Waals surface area (Å²) in [5.41, 5.74) is -0.0729. The van der Waals surface area contributed by atoms with Crippen molar-refractivity contribution in [3.63, 3.8) is 0 Å². The highest BCUT2D eigenvalue weighted by Crippen LogP contribution is 2.47. The van der Waals surface area contributed by atoms with Crippen molar-refractivity contribution in [2.24, 2.45) is 5.92 Å². The number of rotatable bonds is 4. The minimum Gasteiger partial charge on any atom is -0.507 e. The highest BCUT2D eigenvalue weighted by molar-refractivity contribution is 5.68. The Hall–Kier alpha value is -1.65. The van der Waals surface area contributed by atoms with Crippen molar-refractivity contribution in [1.29, 1.82) is 0 Å². The molecule has 1 aromatic rings. The number of carboxylic acid groups (broad SMARTS) is 1. The summed E-state index contributed by atoms with van der Waals surface area (Å²) in [4.78, 5) is 10.7. The molecule has 1 unspecified atom stereocenters. The van der Waals surface area contributed by atoms with Gasteiger partial charge in [-0.25, -0.2) is 8.78 Å². The summed E-state index contributed by atoms with van der Waals surface area (Å²) in [7, 11) is 0. The summed E-state index contributed by atoms with van der Waals surface area (Å²) < 4.78 is 26.4. The van der Waals surface area contributed by atoms with E-state index in [4.69, 9.17) is 5.11 Å². The van der Waals surface area contributed by atoms with Gasteiger partial charge in [0, 0.05) is 23.6 Å². The van der Waals surface area contributed by atoms with Gasteiger partial charge in [0.15, 0.2) is 0 Å². The van der Waals surface area contributed by atoms with E-state index >= 15 is 0 Å². The second-order valence-electron chi connectivity index (χ2n) is 4.36. The number of hydrogen-bond acceptors (Lipinski definition) is 2. The van der Waals surface area contributed by atoms with E-state index in [1.165, 1.54) is 0 Å². The summed E-state index contributed by atoms with van der Waals surface area (Å²) in [6.07, 6.45) is 1.38. The van der Waals surface area contributed by atoms with Gasteiger partial charge in [-0.15, -0.1) is 0 Å². The summed E-state index contributed by atoms with van der Waals surface area (Å²) in [6, 6.07) is 1.49. The Morgan fingerprint density at radius 1 is 1.41 bits per heavy atom. The molecule has 0 amide bonds. The van der Waals surface area contributed by atoms with Crippen LogP contribution in [-0.4, -0.2) is 16.2 Å². The van der Waals surface area contributed by atoms with Crippen molar-refractivity contribution >= 4 is 5.97 Å². The van der Waals surface area contributed by atoms with Gasteiger partial charge in [0.05, 0.1) is 6.42 Å². The quantitative estimate of drug-likeness (QED) is 0.853. The van der Waals surface area contributed by atoms with Gasteiger partial charge >= 0.3 is 5.97 Å². The van der Waals surface area contributed by atoms with E-state index in [9.17, 15) is 18.7 Å². The molecule has 92 valence electrons. The van der Waals surface area contributed by atoms with Gasteiger partial charge in [-0.05, 0) is 18.8 Å². The van der Waals surface area contributed by atoms with Crippen molar-refractivity contribution in [3.8, 4) is 5.75 Å². The van der Waals surface area contributed by atoms with Gasteiger partial charge in [-0.1, -0.05) is 0 Å². The molecule has 1 aliphatic carbocycles. The van der Waals surface area contributed by atoms with Gasteiger partial charge in [-0.2, -0.15) is 0 Å². The minimum atomic E-state index is -1.05. The highest BCUT2D eigenvalue weighted by Gasteiger charge is 2.37. The number of aromatic hydroxyl groups is 1. The zero-order valence-electron chi connectivity index (χ0n) is 8.99. The number of carbonyl (C=O) groups is 1. The molecule has 17 heavy (non-hydrogen) atoms. The molecule has 0 bridgehead atoms. The lowest BCUT2D eigenvalue weighted by Gasteiger charge is -2.16. The molecular formula is C12H12F2O3. The van der Waals surface area contributed by atoms with E-state index in [1.807, 2.05) is 0 Å². The first kappa shape index (κ1) is 11.8. The predicted octanol–water partition coefficient (Wildman–Crippen LogP) is 2.64. The van der Waals surface area contributed by atoms with Gasteiger partial charge < -0.3 is 10.2 Å².